The zero-order chi connectivity index (χ0) is 17.1. The van der Waals surface area contributed by atoms with Gasteiger partial charge >= 0.3 is 5.97 Å². The molecule has 1 atom stereocenters. The predicted molar refractivity (Wildman–Crippen MR) is 87.5 cm³/mol. The number of hydrogen-bond donors (Lipinski definition) is 0. The second-order valence-corrected chi connectivity index (χ2v) is 5.62. The van der Waals surface area contributed by atoms with Crippen molar-refractivity contribution in [3.63, 3.8) is 0 Å². The Balaban J connectivity index is 1.71. The van der Waals surface area contributed by atoms with Crippen molar-refractivity contribution in [3.8, 4) is 11.5 Å². The van der Waals surface area contributed by atoms with Crippen molar-refractivity contribution in [2.45, 2.75) is 20.0 Å². The molecule has 0 saturated carbocycles. The molecule has 0 aliphatic carbocycles. The van der Waals surface area contributed by atoms with Crippen LogP contribution in [0.2, 0.25) is 5.15 Å². The summed E-state index contributed by atoms with van der Waals surface area (Å²) >= 11 is 5.69. The molecule has 6 nitrogen and oxygen atoms in total. The van der Waals surface area contributed by atoms with Crippen LogP contribution in [0.1, 0.15) is 34.8 Å². The topological polar surface area (TPSA) is 78.1 Å². The van der Waals surface area contributed by atoms with Gasteiger partial charge in [-0.05, 0) is 38.1 Å². The molecule has 0 fully saturated rings. The van der Waals surface area contributed by atoms with Gasteiger partial charge < -0.3 is 9.15 Å². The molecule has 0 N–H and O–H groups in total. The zero-order valence-corrected chi connectivity index (χ0v) is 13.8. The van der Waals surface area contributed by atoms with Crippen LogP contribution >= 0.6 is 11.6 Å². The number of carbonyl (C=O) groups excluding carboxylic acids is 1. The Hall–Kier alpha value is -2.73. The van der Waals surface area contributed by atoms with Gasteiger partial charge in [-0.25, -0.2) is 9.78 Å². The molecule has 3 rings (SSSR count). The van der Waals surface area contributed by atoms with Crippen molar-refractivity contribution in [3.05, 3.63) is 64.8 Å². The Kier molecular flexibility index (Phi) is 4.57. The van der Waals surface area contributed by atoms with Gasteiger partial charge in [-0.2, -0.15) is 0 Å². The van der Waals surface area contributed by atoms with Crippen LogP contribution in [-0.4, -0.2) is 21.2 Å². The van der Waals surface area contributed by atoms with Crippen LogP contribution in [0, 0.1) is 6.92 Å². The summed E-state index contributed by atoms with van der Waals surface area (Å²) in [6.45, 7) is 3.66. The summed E-state index contributed by atoms with van der Waals surface area (Å²) in [5, 5.41) is 8.24. The van der Waals surface area contributed by atoms with E-state index < -0.39 is 12.1 Å². The third kappa shape index (κ3) is 3.60. The molecule has 1 unspecified atom stereocenters. The number of esters is 1. The third-order valence-corrected chi connectivity index (χ3v) is 3.56. The van der Waals surface area contributed by atoms with E-state index in [2.05, 4.69) is 15.2 Å². The molecule has 0 aliphatic rings. The first-order valence-electron chi connectivity index (χ1n) is 7.26. The van der Waals surface area contributed by atoms with Gasteiger partial charge in [0.25, 0.3) is 5.89 Å². The van der Waals surface area contributed by atoms with Gasteiger partial charge in [0.15, 0.2) is 6.10 Å². The lowest BCUT2D eigenvalue weighted by molar-refractivity contribution is 0.0279. The Morgan fingerprint density at radius 1 is 1.17 bits per heavy atom. The highest BCUT2D eigenvalue weighted by Gasteiger charge is 2.20. The van der Waals surface area contributed by atoms with Gasteiger partial charge in [-0.3, -0.25) is 0 Å². The fourth-order valence-corrected chi connectivity index (χ4v) is 2.10. The normalized spacial score (nSPS) is 12.0. The largest absolute Gasteiger partial charge is 0.449 e. The lowest BCUT2D eigenvalue weighted by Crippen LogP contribution is -2.09. The number of nitrogens with zero attached hydrogens (tertiary/aromatic N) is 3. The second kappa shape index (κ2) is 6.80. The van der Waals surface area contributed by atoms with E-state index in [0.717, 1.165) is 11.1 Å². The minimum Gasteiger partial charge on any atom is -0.449 e. The lowest BCUT2D eigenvalue weighted by Gasteiger charge is -2.09. The summed E-state index contributed by atoms with van der Waals surface area (Å²) < 4.78 is 10.9. The van der Waals surface area contributed by atoms with E-state index in [1.807, 2.05) is 31.2 Å². The Morgan fingerprint density at radius 3 is 2.58 bits per heavy atom. The summed E-state index contributed by atoms with van der Waals surface area (Å²) in [6, 6.07) is 10.7. The van der Waals surface area contributed by atoms with E-state index in [0.29, 0.717) is 16.6 Å². The van der Waals surface area contributed by atoms with Crippen LogP contribution in [-0.2, 0) is 4.74 Å². The van der Waals surface area contributed by atoms with Gasteiger partial charge in [0.05, 0.1) is 5.56 Å². The first-order chi connectivity index (χ1) is 11.5. The number of halogens is 1. The second-order valence-electron chi connectivity index (χ2n) is 5.23. The van der Waals surface area contributed by atoms with Gasteiger partial charge in [-0.1, -0.05) is 29.3 Å². The van der Waals surface area contributed by atoms with E-state index in [1.54, 1.807) is 6.92 Å². The molecule has 1 aromatic carbocycles. The van der Waals surface area contributed by atoms with Crippen molar-refractivity contribution < 1.29 is 13.9 Å². The predicted octanol–water partition coefficient (Wildman–Crippen LogP) is 4.01. The number of ether oxygens (including phenoxy) is 1. The van der Waals surface area contributed by atoms with Gasteiger partial charge in [0.1, 0.15) is 5.15 Å². The lowest BCUT2D eigenvalue weighted by atomic mass is 10.1. The van der Waals surface area contributed by atoms with Crippen molar-refractivity contribution >= 4 is 17.6 Å². The molecule has 2 heterocycles. The van der Waals surface area contributed by atoms with Gasteiger partial charge in [0.2, 0.25) is 5.89 Å². The molecule has 3 aromatic rings. The maximum Gasteiger partial charge on any atom is 0.340 e. The number of hydrogen-bond acceptors (Lipinski definition) is 6. The fraction of sp³-hybridized carbons (Fsp3) is 0.176. The summed E-state index contributed by atoms with van der Waals surface area (Å²) in [5.74, 6) is 0.0589. The first kappa shape index (κ1) is 16.1. The third-order valence-electron chi connectivity index (χ3n) is 3.33. The molecule has 122 valence electrons. The van der Waals surface area contributed by atoms with Crippen molar-refractivity contribution in [1.82, 2.24) is 15.2 Å². The maximum absolute atomic E-state index is 12.1. The van der Waals surface area contributed by atoms with E-state index in [1.165, 1.54) is 18.3 Å². The summed E-state index contributed by atoms with van der Waals surface area (Å²) in [7, 11) is 0. The molecule has 0 saturated heterocycles. The summed E-state index contributed by atoms with van der Waals surface area (Å²) in [4.78, 5) is 15.9. The highest BCUT2D eigenvalue weighted by Crippen LogP contribution is 2.23. The van der Waals surface area contributed by atoms with Crippen LogP contribution < -0.4 is 0 Å². The van der Waals surface area contributed by atoms with Crippen molar-refractivity contribution in [1.29, 1.82) is 0 Å². The van der Waals surface area contributed by atoms with Crippen LogP contribution in [0.15, 0.2) is 47.0 Å². The van der Waals surface area contributed by atoms with E-state index in [9.17, 15) is 4.79 Å². The Bertz CT molecular complexity index is 844. The van der Waals surface area contributed by atoms with Crippen molar-refractivity contribution in [2.24, 2.45) is 0 Å². The molecular formula is C17H14ClN3O3. The first-order valence-corrected chi connectivity index (χ1v) is 7.63. The number of pyridine rings is 1. The molecule has 0 radical (unpaired) electrons. The van der Waals surface area contributed by atoms with Gasteiger partial charge in [0, 0.05) is 11.8 Å². The average Bonchev–Trinajstić information content (AvgIpc) is 3.06. The maximum atomic E-state index is 12.1. The zero-order valence-electron chi connectivity index (χ0n) is 13.1. The van der Waals surface area contributed by atoms with Crippen LogP contribution in [0.4, 0.5) is 0 Å². The van der Waals surface area contributed by atoms with Gasteiger partial charge in [-0.15, -0.1) is 10.2 Å². The highest BCUT2D eigenvalue weighted by atomic mass is 35.5. The number of rotatable bonds is 4. The van der Waals surface area contributed by atoms with E-state index in [-0.39, 0.29) is 5.89 Å². The molecule has 0 amide bonds. The smallest absolute Gasteiger partial charge is 0.340 e. The van der Waals surface area contributed by atoms with E-state index in [4.69, 9.17) is 20.8 Å². The minimum absolute atomic E-state index is 0.223. The number of carbonyl (C=O) groups is 1. The molecule has 2 aromatic heterocycles. The van der Waals surface area contributed by atoms with E-state index >= 15 is 0 Å². The minimum atomic E-state index is -0.681. The number of aryl methyl sites for hydroxylation is 1. The molecule has 0 aliphatic heterocycles. The van der Waals surface area contributed by atoms with Crippen LogP contribution in [0.5, 0.6) is 0 Å². The number of aromatic nitrogens is 3. The summed E-state index contributed by atoms with van der Waals surface area (Å²) in [5.41, 5.74) is 2.24. The fourth-order valence-electron chi connectivity index (χ4n) is 1.99. The van der Waals surface area contributed by atoms with Crippen molar-refractivity contribution in [2.75, 3.05) is 0 Å². The van der Waals surface area contributed by atoms with Crippen LogP contribution in [0.25, 0.3) is 11.5 Å². The summed E-state index contributed by atoms with van der Waals surface area (Å²) in [6.07, 6.45) is 0.669. The average molecular weight is 344 g/mol. The quantitative estimate of drug-likeness (QED) is 0.526. The Morgan fingerprint density at radius 2 is 1.92 bits per heavy atom. The standard InChI is InChI=1S/C17H14ClN3O3/c1-10-3-5-12(6-4-10)16-21-20-15(24-16)11(2)23-17(22)13-7-8-14(18)19-9-13/h3-9,11H,1-2H3. The monoisotopic (exact) mass is 343 g/mol. The Labute approximate surface area is 143 Å². The molecule has 7 heteroatoms. The molecule has 24 heavy (non-hydrogen) atoms. The van der Waals surface area contributed by atoms with Crippen LogP contribution in [0.3, 0.4) is 0 Å². The SMILES string of the molecule is Cc1ccc(-c2nnc(C(C)OC(=O)c3ccc(Cl)nc3)o2)cc1. The highest BCUT2D eigenvalue weighted by molar-refractivity contribution is 6.29. The number of benzene rings is 1. The molecule has 0 bridgehead atoms. The molecule has 0 spiro atoms. The molecular weight excluding hydrogens is 330 g/mol.